The van der Waals surface area contributed by atoms with Crippen molar-refractivity contribution in [1.82, 2.24) is 20.6 Å². The van der Waals surface area contributed by atoms with Gasteiger partial charge in [0, 0.05) is 43.5 Å². The summed E-state index contributed by atoms with van der Waals surface area (Å²) in [6, 6.07) is 8.90. The van der Waals surface area contributed by atoms with Crippen LogP contribution in [0.4, 0.5) is 8.78 Å². The second kappa shape index (κ2) is 10.8. The number of hydrogen-bond donors (Lipinski definition) is 3. The van der Waals surface area contributed by atoms with Crippen molar-refractivity contribution in [3.63, 3.8) is 0 Å². The van der Waals surface area contributed by atoms with Crippen LogP contribution in [0, 0.1) is 11.6 Å². The molecule has 0 saturated heterocycles. The average molecular weight is 467 g/mol. The Morgan fingerprint density at radius 1 is 1.12 bits per heavy atom. The van der Waals surface area contributed by atoms with Crippen molar-refractivity contribution in [2.45, 2.75) is 50.8 Å². The van der Waals surface area contributed by atoms with Gasteiger partial charge in [-0.3, -0.25) is 4.79 Å². The molecule has 8 heteroatoms. The topological polar surface area (TPSA) is 87.1 Å². The fraction of sp³-hybridized carbons (Fsp3) is 0.346. The van der Waals surface area contributed by atoms with Gasteiger partial charge in [-0.15, -0.1) is 0 Å². The van der Waals surface area contributed by atoms with Gasteiger partial charge in [-0.2, -0.15) is 0 Å². The van der Waals surface area contributed by atoms with Crippen LogP contribution in [0.5, 0.6) is 0 Å². The van der Waals surface area contributed by atoms with E-state index in [0.29, 0.717) is 5.56 Å². The molecule has 4 rings (SSSR count). The molecule has 3 aromatic rings. The number of nitrogens with one attached hydrogen (secondary N) is 2. The van der Waals surface area contributed by atoms with E-state index in [1.54, 1.807) is 12.4 Å². The van der Waals surface area contributed by atoms with Crippen LogP contribution in [-0.2, 0) is 17.6 Å². The molecule has 0 spiro atoms. The zero-order chi connectivity index (χ0) is 24.1. The Bertz CT molecular complexity index is 1120. The van der Waals surface area contributed by atoms with Gasteiger partial charge in [0.15, 0.2) is 0 Å². The number of amides is 1. The summed E-state index contributed by atoms with van der Waals surface area (Å²) in [6.07, 6.45) is 7.12. The van der Waals surface area contributed by atoms with E-state index in [0.717, 1.165) is 36.5 Å². The van der Waals surface area contributed by atoms with Crippen LogP contribution in [0.25, 0.3) is 11.1 Å². The van der Waals surface area contributed by atoms with Crippen molar-refractivity contribution >= 4 is 5.91 Å². The summed E-state index contributed by atoms with van der Waals surface area (Å²) in [6.45, 7) is 1.57. The molecule has 6 nitrogen and oxygen atoms in total. The number of aryl methyl sites for hydroxylation is 1. The molecule has 1 aliphatic carbocycles. The summed E-state index contributed by atoms with van der Waals surface area (Å²) in [4.78, 5) is 19.9. The molecule has 3 N–H and O–H groups in total. The molecular formula is C26H28F2N4O2. The molecule has 178 valence electrons. The highest BCUT2D eigenvalue weighted by molar-refractivity contribution is 5.73. The predicted molar refractivity (Wildman–Crippen MR) is 125 cm³/mol. The standard InChI is InChI=1S/C26H28F2N4O2/c1-16(33)32-25(9-17-7-21(27)11-22(28)8-17)26(34)14-31-24-4-2-3-18-5-6-19(10-23(18)24)20-12-29-15-30-13-20/h5-8,10-13,15,24-26,31,34H,2-4,9,14H2,1H3,(H,32,33)/t24?,25-,26+/m0/s1. The van der Waals surface area contributed by atoms with Crippen molar-refractivity contribution < 1.29 is 18.7 Å². The lowest BCUT2D eigenvalue weighted by Crippen LogP contribution is -2.48. The molecule has 1 amide bonds. The summed E-state index contributed by atoms with van der Waals surface area (Å²) in [5, 5.41) is 17.0. The van der Waals surface area contributed by atoms with Gasteiger partial charge >= 0.3 is 0 Å². The number of carbonyl (C=O) groups is 1. The minimum Gasteiger partial charge on any atom is -0.390 e. The largest absolute Gasteiger partial charge is 0.390 e. The number of carbonyl (C=O) groups excluding carboxylic acids is 1. The molecule has 0 radical (unpaired) electrons. The van der Waals surface area contributed by atoms with E-state index in [1.807, 2.05) is 0 Å². The average Bonchev–Trinajstić information content (AvgIpc) is 2.81. The van der Waals surface area contributed by atoms with Gasteiger partial charge in [-0.1, -0.05) is 12.1 Å². The number of benzene rings is 2. The van der Waals surface area contributed by atoms with Crippen LogP contribution >= 0.6 is 0 Å². The molecule has 0 fully saturated rings. The fourth-order valence-corrected chi connectivity index (χ4v) is 4.57. The Hall–Kier alpha value is -3.23. The number of fused-ring (bicyclic) bond motifs is 1. The lowest BCUT2D eigenvalue weighted by atomic mass is 9.85. The number of aliphatic hydroxyl groups excluding tert-OH is 1. The molecule has 1 aliphatic rings. The predicted octanol–water partition coefficient (Wildman–Crippen LogP) is 3.50. The summed E-state index contributed by atoms with van der Waals surface area (Å²) < 4.78 is 27.2. The Morgan fingerprint density at radius 2 is 1.85 bits per heavy atom. The smallest absolute Gasteiger partial charge is 0.217 e. The van der Waals surface area contributed by atoms with Crippen LogP contribution in [0.15, 0.2) is 55.1 Å². The maximum atomic E-state index is 13.6. The van der Waals surface area contributed by atoms with E-state index >= 15 is 0 Å². The van der Waals surface area contributed by atoms with Gasteiger partial charge < -0.3 is 15.7 Å². The van der Waals surface area contributed by atoms with Crippen molar-refractivity contribution in [2.24, 2.45) is 0 Å². The monoisotopic (exact) mass is 466 g/mol. The number of aliphatic hydroxyl groups is 1. The highest BCUT2D eigenvalue weighted by atomic mass is 19.1. The third-order valence-electron chi connectivity index (χ3n) is 6.16. The van der Waals surface area contributed by atoms with Crippen LogP contribution in [0.1, 0.15) is 42.5 Å². The minimum atomic E-state index is -0.952. The van der Waals surface area contributed by atoms with Gasteiger partial charge in [0.25, 0.3) is 0 Å². The number of aromatic nitrogens is 2. The SMILES string of the molecule is CC(=O)N[C@@H](Cc1cc(F)cc(F)c1)[C@H](O)CNC1CCCc2ccc(-c3cncnc3)cc21. The number of rotatable bonds is 8. The molecule has 0 saturated carbocycles. The van der Waals surface area contributed by atoms with Crippen LogP contribution in [0.3, 0.4) is 0 Å². The molecule has 2 aromatic carbocycles. The van der Waals surface area contributed by atoms with Gasteiger partial charge in [0.1, 0.15) is 18.0 Å². The highest BCUT2D eigenvalue weighted by Crippen LogP contribution is 2.33. The van der Waals surface area contributed by atoms with Crippen LogP contribution < -0.4 is 10.6 Å². The van der Waals surface area contributed by atoms with Gasteiger partial charge in [-0.05, 0) is 66.1 Å². The van der Waals surface area contributed by atoms with E-state index in [2.05, 4.69) is 38.8 Å². The first-order valence-corrected chi connectivity index (χ1v) is 11.4. The van der Waals surface area contributed by atoms with Crippen molar-refractivity contribution in [3.05, 3.63) is 83.4 Å². The zero-order valence-corrected chi connectivity index (χ0v) is 19.0. The van der Waals surface area contributed by atoms with E-state index in [9.17, 15) is 18.7 Å². The van der Waals surface area contributed by atoms with E-state index in [4.69, 9.17) is 0 Å². The first-order valence-electron chi connectivity index (χ1n) is 11.4. The van der Waals surface area contributed by atoms with Crippen LogP contribution in [0.2, 0.25) is 0 Å². The normalized spacial score (nSPS) is 17.0. The maximum absolute atomic E-state index is 13.6. The first kappa shape index (κ1) is 23.9. The Balaban J connectivity index is 1.48. The molecule has 0 bridgehead atoms. The molecule has 0 aliphatic heterocycles. The molecule has 1 heterocycles. The Morgan fingerprint density at radius 3 is 2.56 bits per heavy atom. The quantitative estimate of drug-likeness (QED) is 0.473. The molecular weight excluding hydrogens is 438 g/mol. The summed E-state index contributed by atoms with van der Waals surface area (Å²) >= 11 is 0. The van der Waals surface area contributed by atoms with E-state index < -0.39 is 23.8 Å². The Kier molecular flexibility index (Phi) is 7.59. The van der Waals surface area contributed by atoms with Crippen LogP contribution in [-0.4, -0.2) is 39.7 Å². The van der Waals surface area contributed by atoms with Gasteiger partial charge in [0.05, 0.1) is 12.1 Å². The molecule has 3 atom stereocenters. The summed E-state index contributed by atoms with van der Waals surface area (Å²) in [5.74, 6) is -1.70. The van der Waals surface area contributed by atoms with E-state index in [1.165, 1.54) is 36.5 Å². The molecule has 1 aromatic heterocycles. The lowest BCUT2D eigenvalue weighted by molar-refractivity contribution is -0.120. The van der Waals surface area contributed by atoms with Gasteiger partial charge in [-0.25, -0.2) is 18.7 Å². The minimum absolute atomic E-state index is 0.0348. The zero-order valence-electron chi connectivity index (χ0n) is 19.0. The number of nitrogens with zero attached hydrogens (tertiary/aromatic N) is 2. The number of halogens is 2. The highest BCUT2D eigenvalue weighted by Gasteiger charge is 2.25. The molecule has 34 heavy (non-hydrogen) atoms. The molecule has 1 unspecified atom stereocenters. The van der Waals surface area contributed by atoms with Crippen molar-refractivity contribution in [1.29, 1.82) is 0 Å². The maximum Gasteiger partial charge on any atom is 0.217 e. The first-order chi connectivity index (χ1) is 16.4. The third kappa shape index (κ3) is 6.01. The van der Waals surface area contributed by atoms with Crippen molar-refractivity contribution in [2.75, 3.05) is 6.54 Å². The third-order valence-corrected chi connectivity index (χ3v) is 6.16. The second-order valence-corrected chi connectivity index (χ2v) is 8.75. The second-order valence-electron chi connectivity index (χ2n) is 8.75. The Labute approximate surface area is 197 Å². The summed E-state index contributed by atoms with van der Waals surface area (Å²) in [5.41, 5.74) is 4.75. The van der Waals surface area contributed by atoms with Gasteiger partial charge in [0.2, 0.25) is 5.91 Å². The summed E-state index contributed by atoms with van der Waals surface area (Å²) in [7, 11) is 0. The number of hydrogen-bond acceptors (Lipinski definition) is 5. The fourth-order valence-electron chi connectivity index (χ4n) is 4.57. The van der Waals surface area contributed by atoms with Crippen molar-refractivity contribution in [3.8, 4) is 11.1 Å². The lowest BCUT2D eigenvalue weighted by Gasteiger charge is -2.30. The van der Waals surface area contributed by atoms with E-state index in [-0.39, 0.29) is 24.9 Å².